The zero-order valence-electron chi connectivity index (χ0n) is 12.1. The highest BCUT2D eigenvalue weighted by Gasteiger charge is 2.08. The van der Waals surface area contributed by atoms with Gasteiger partial charge >= 0.3 is 0 Å². The van der Waals surface area contributed by atoms with Crippen LogP contribution in [0.4, 0.5) is 4.39 Å². The molecule has 22 heavy (non-hydrogen) atoms. The molecule has 0 saturated carbocycles. The Labute approximate surface area is 138 Å². The van der Waals surface area contributed by atoms with E-state index in [1.807, 2.05) is 6.92 Å². The van der Waals surface area contributed by atoms with Crippen LogP contribution in [0.5, 0.6) is 5.75 Å². The van der Waals surface area contributed by atoms with Gasteiger partial charge in [-0.3, -0.25) is 15.6 Å². The number of methoxy groups -OCH3 is 1. The molecule has 0 spiro atoms. The first-order chi connectivity index (χ1) is 10.4. The number of hydrogen-bond acceptors (Lipinski definition) is 4. The lowest BCUT2D eigenvalue weighted by atomic mass is 10.3. The maximum atomic E-state index is 12.9. The molecule has 1 aromatic rings. The molecule has 1 rings (SSSR count). The molecule has 1 aromatic carbocycles. The van der Waals surface area contributed by atoms with Crippen molar-refractivity contribution >= 4 is 34.8 Å². The number of nitrogens with one attached hydrogen (secondary N) is 3. The molecular weight excluding hydrogens is 333 g/mol. The average Bonchev–Trinajstić information content (AvgIpc) is 2.44. The summed E-state index contributed by atoms with van der Waals surface area (Å²) in [5, 5.41) is 3.24. The van der Waals surface area contributed by atoms with Gasteiger partial charge in [0.2, 0.25) is 0 Å². The fraction of sp³-hybridized carbons (Fsp3) is 0.385. The van der Waals surface area contributed by atoms with Crippen LogP contribution >= 0.6 is 23.8 Å². The first-order valence-electron chi connectivity index (χ1n) is 6.34. The standard InChI is InChI=1S/C13H17ClFN3O3S/c1-8(6-20-2)16-13(22)18-17-12(19)7-21-11-4-3-9(15)5-10(11)14/h3-5,8H,6-7H2,1-2H3,(H,17,19)(H2,16,18,22)/t8-/m1/s1. The van der Waals surface area contributed by atoms with Crippen molar-refractivity contribution in [2.45, 2.75) is 13.0 Å². The summed E-state index contributed by atoms with van der Waals surface area (Å²) >= 11 is 10.8. The number of benzene rings is 1. The van der Waals surface area contributed by atoms with Crippen LogP contribution in [0, 0.1) is 5.82 Å². The van der Waals surface area contributed by atoms with Gasteiger partial charge < -0.3 is 14.8 Å². The SMILES string of the molecule is COC[C@@H](C)NC(=S)NNC(=O)COc1ccc(F)cc1Cl. The number of hydrazine groups is 1. The lowest BCUT2D eigenvalue weighted by Crippen LogP contribution is -2.50. The van der Waals surface area contributed by atoms with E-state index in [9.17, 15) is 9.18 Å². The van der Waals surface area contributed by atoms with Crippen molar-refractivity contribution in [2.75, 3.05) is 20.3 Å². The molecule has 3 N–H and O–H groups in total. The van der Waals surface area contributed by atoms with Crippen molar-refractivity contribution in [3.63, 3.8) is 0 Å². The molecule has 0 bridgehead atoms. The Morgan fingerprint density at radius 2 is 2.18 bits per heavy atom. The van der Waals surface area contributed by atoms with Gasteiger partial charge in [0.05, 0.1) is 11.6 Å². The molecule has 1 amide bonds. The van der Waals surface area contributed by atoms with Crippen LogP contribution in [0.25, 0.3) is 0 Å². The first kappa shape index (κ1) is 18.4. The number of rotatable bonds is 6. The minimum absolute atomic E-state index is 0.00354. The third-order valence-electron chi connectivity index (χ3n) is 2.36. The van der Waals surface area contributed by atoms with E-state index >= 15 is 0 Å². The van der Waals surface area contributed by atoms with Crippen LogP contribution in [-0.4, -0.2) is 37.4 Å². The molecule has 0 saturated heterocycles. The van der Waals surface area contributed by atoms with Crippen LogP contribution in [0.1, 0.15) is 6.92 Å². The Kier molecular flexibility index (Phi) is 7.86. The Hall–Kier alpha value is -1.64. The summed E-state index contributed by atoms with van der Waals surface area (Å²) in [7, 11) is 1.58. The highest BCUT2D eigenvalue weighted by atomic mass is 35.5. The molecule has 0 aromatic heterocycles. The Morgan fingerprint density at radius 1 is 1.45 bits per heavy atom. The molecule has 0 heterocycles. The van der Waals surface area contributed by atoms with Gasteiger partial charge in [-0.25, -0.2) is 4.39 Å². The summed E-state index contributed by atoms with van der Waals surface area (Å²) in [6, 6.07) is 3.63. The summed E-state index contributed by atoms with van der Waals surface area (Å²) < 4.78 is 23.0. The van der Waals surface area contributed by atoms with E-state index in [4.69, 9.17) is 33.3 Å². The number of carbonyl (C=O) groups excluding carboxylic acids is 1. The fourth-order valence-electron chi connectivity index (χ4n) is 1.45. The van der Waals surface area contributed by atoms with E-state index in [1.54, 1.807) is 7.11 Å². The predicted molar refractivity (Wildman–Crippen MR) is 85.3 cm³/mol. The van der Waals surface area contributed by atoms with Crippen molar-refractivity contribution in [2.24, 2.45) is 0 Å². The van der Waals surface area contributed by atoms with Crippen molar-refractivity contribution in [3.8, 4) is 5.75 Å². The monoisotopic (exact) mass is 349 g/mol. The normalized spacial score (nSPS) is 11.5. The summed E-state index contributed by atoms with van der Waals surface area (Å²) in [5.41, 5.74) is 4.88. The van der Waals surface area contributed by atoms with Crippen molar-refractivity contribution in [3.05, 3.63) is 29.0 Å². The van der Waals surface area contributed by atoms with Gasteiger partial charge in [-0.05, 0) is 37.3 Å². The van der Waals surface area contributed by atoms with E-state index in [2.05, 4.69) is 16.2 Å². The molecule has 0 fully saturated rings. The Morgan fingerprint density at radius 3 is 2.82 bits per heavy atom. The minimum atomic E-state index is -0.481. The van der Waals surface area contributed by atoms with Crippen molar-refractivity contribution in [1.82, 2.24) is 16.2 Å². The molecule has 9 heteroatoms. The molecule has 122 valence electrons. The molecule has 0 aliphatic heterocycles. The van der Waals surface area contributed by atoms with Crippen LogP contribution in [0.3, 0.4) is 0 Å². The molecule has 0 aliphatic carbocycles. The third-order valence-corrected chi connectivity index (χ3v) is 2.88. The second-order valence-corrected chi connectivity index (χ2v) is 5.18. The molecule has 0 aliphatic rings. The molecule has 1 atom stereocenters. The van der Waals surface area contributed by atoms with E-state index in [-0.39, 0.29) is 28.5 Å². The number of amides is 1. The average molecular weight is 350 g/mol. The molecule has 6 nitrogen and oxygen atoms in total. The molecular formula is C13H17ClFN3O3S. The van der Waals surface area contributed by atoms with Gasteiger partial charge in [0.15, 0.2) is 11.7 Å². The number of thiocarbonyl (C=S) groups is 1. The van der Waals surface area contributed by atoms with Gasteiger partial charge in [0.25, 0.3) is 5.91 Å². The smallest absolute Gasteiger partial charge is 0.276 e. The lowest BCUT2D eigenvalue weighted by molar-refractivity contribution is -0.123. The lowest BCUT2D eigenvalue weighted by Gasteiger charge is -2.16. The van der Waals surface area contributed by atoms with E-state index in [0.717, 1.165) is 6.07 Å². The minimum Gasteiger partial charge on any atom is -0.482 e. The summed E-state index contributed by atoms with van der Waals surface area (Å²) in [5.74, 6) is -0.735. The van der Waals surface area contributed by atoms with Gasteiger partial charge in [-0.15, -0.1) is 0 Å². The summed E-state index contributed by atoms with van der Waals surface area (Å²) in [4.78, 5) is 11.6. The summed E-state index contributed by atoms with van der Waals surface area (Å²) in [6.07, 6.45) is 0. The van der Waals surface area contributed by atoms with Crippen LogP contribution in [0.15, 0.2) is 18.2 Å². The van der Waals surface area contributed by atoms with Gasteiger partial charge in [-0.2, -0.15) is 0 Å². The first-order valence-corrected chi connectivity index (χ1v) is 7.13. The predicted octanol–water partition coefficient (Wildman–Crippen LogP) is 1.39. The number of ether oxygens (including phenoxy) is 2. The van der Waals surface area contributed by atoms with Crippen LogP contribution < -0.4 is 20.9 Å². The Bertz CT molecular complexity index is 533. The highest BCUT2D eigenvalue weighted by Crippen LogP contribution is 2.24. The maximum absolute atomic E-state index is 12.9. The van der Waals surface area contributed by atoms with E-state index in [1.165, 1.54) is 12.1 Å². The molecule has 0 unspecified atom stereocenters. The maximum Gasteiger partial charge on any atom is 0.276 e. The number of halogens is 2. The topological polar surface area (TPSA) is 71.6 Å². The van der Waals surface area contributed by atoms with Crippen molar-refractivity contribution < 1.29 is 18.7 Å². The van der Waals surface area contributed by atoms with E-state index in [0.29, 0.717) is 6.61 Å². The Balaban J connectivity index is 2.30. The second-order valence-electron chi connectivity index (χ2n) is 4.37. The van der Waals surface area contributed by atoms with Gasteiger partial charge in [0.1, 0.15) is 11.6 Å². The van der Waals surface area contributed by atoms with Gasteiger partial charge in [0, 0.05) is 13.2 Å². The zero-order valence-corrected chi connectivity index (χ0v) is 13.7. The van der Waals surface area contributed by atoms with Crippen molar-refractivity contribution in [1.29, 1.82) is 0 Å². The zero-order chi connectivity index (χ0) is 16.5. The fourth-order valence-corrected chi connectivity index (χ4v) is 1.92. The summed E-state index contributed by atoms with van der Waals surface area (Å²) in [6.45, 7) is 2.05. The third kappa shape index (κ3) is 6.88. The highest BCUT2D eigenvalue weighted by molar-refractivity contribution is 7.80. The van der Waals surface area contributed by atoms with Crippen LogP contribution in [0.2, 0.25) is 5.02 Å². The van der Waals surface area contributed by atoms with Crippen LogP contribution in [-0.2, 0) is 9.53 Å². The second kappa shape index (κ2) is 9.39. The quantitative estimate of drug-likeness (QED) is 0.532. The van der Waals surface area contributed by atoms with E-state index < -0.39 is 11.7 Å². The number of hydrogen-bond donors (Lipinski definition) is 3. The number of carbonyl (C=O) groups is 1. The largest absolute Gasteiger partial charge is 0.482 e. The van der Waals surface area contributed by atoms with Gasteiger partial charge in [-0.1, -0.05) is 11.6 Å². The molecule has 0 radical (unpaired) electrons.